The van der Waals surface area contributed by atoms with E-state index in [9.17, 15) is 4.79 Å². The van der Waals surface area contributed by atoms with E-state index in [0.29, 0.717) is 12.6 Å². The van der Waals surface area contributed by atoms with Crippen LogP contribution >= 0.6 is 15.9 Å². The van der Waals surface area contributed by atoms with Crippen LogP contribution in [0, 0.1) is 0 Å². The molecule has 0 aliphatic heterocycles. The number of halogens is 1. The van der Waals surface area contributed by atoms with Crippen LogP contribution in [0.2, 0.25) is 0 Å². The smallest absolute Gasteiger partial charge is 0.250 e. The molecule has 5 heteroatoms. The van der Waals surface area contributed by atoms with Crippen LogP contribution < -0.4 is 5.56 Å². The first-order chi connectivity index (χ1) is 8.24. The summed E-state index contributed by atoms with van der Waals surface area (Å²) in [6, 6.07) is 3.93. The van der Waals surface area contributed by atoms with Crippen LogP contribution in [0.25, 0.3) is 0 Å². The van der Waals surface area contributed by atoms with Crippen molar-refractivity contribution >= 4 is 15.9 Å². The van der Waals surface area contributed by atoms with Crippen LogP contribution in [-0.2, 0) is 6.54 Å². The number of hydrogen-bond donors (Lipinski definition) is 0. The number of pyridine rings is 1. The van der Waals surface area contributed by atoms with E-state index in [1.165, 1.54) is 12.8 Å². The molecule has 17 heavy (non-hydrogen) atoms. The van der Waals surface area contributed by atoms with E-state index in [-0.39, 0.29) is 5.56 Å². The Kier molecular flexibility index (Phi) is 2.63. The SMILES string of the molecule is O=c1ccc(Br)cn1Cc1cncn1C1CC1. The first kappa shape index (κ1) is 10.8. The molecular formula is C12H12BrN3O. The van der Waals surface area contributed by atoms with Crippen LogP contribution in [0.15, 0.2) is 40.1 Å². The maximum atomic E-state index is 11.7. The largest absolute Gasteiger partial charge is 0.330 e. The monoisotopic (exact) mass is 293 g/mol. The summed E-state index contributed by atoms with van der Waals surface area (Å²) in [4.78, 5) is 15.9. The van der Waals surface area contributed by atoms with E-state index in [4.69, 9.17) is 0 Å². The topological polar surface area (TPSA) is 39.8 Å². The highest BCUT2D eigenvalue weighted by Crippen LogP contribution is 2.35. The quantitative estimate of drug-likeness (QED) is 0.870. The molecule has 2 heterocycles. The molecule has 0 unspecified atom stereocenters. The van der Waals surface area contributed by atoms with Gasteiger partial charge in [0, 0.05) is 29.0 Å². The van der Waals surface area contributed by atoms with Gasteiger partial charge in [0.2, 0.25) is 0 Å². The lowest BCUT2D eigenvalue weighted by Gasteiger charge is -2.08. The second-order valence-corrected chi connectivity index (χ2v) is 5.25. The maximum Gasteiger partial charge on any atom is 0.250 e. The van der Waals surface area contributed by atoms with Gasteiger partial charge in [-0.05, 0) is 34.8 Å². The fourth-order valence-electron chi connectivity index (χ4n) is 1.94. The molecule has 0 bridgehead atoms. The number of aromatic nitrogens is 3. The Morgan fingerprint density at radius 1 is 1.41 bits per heavy atom. The average molecular weight is 294 g/mol. The minimum absolute atomic E-state index is 0.0109. The Labute approximate surface area is 107 Å². The van der Waals surface area contributed by atoms with Crippen molar-refractivity contribution in [1.29, 1.82) is 0 Å². The highest BCUT2D eigenvalue weighted by molar-refractivity contribution is 9.10. The number of hydrogen-bond acceptors (Lipinski definition) is 2. The van der Waals surface area contributed by atoms with Crippen molar-refractivity contribution in [3.8, 4) is 0 Å². The normalized spacial score (nSPS) is 15.1. The van der Waals surface area contributed by atoms with Crippen molar-refractivity contribution in [3.63, 3.8) is 0 Å². The molecule has 0 saturated heterocycles. The summed E-state index contributed by atoms with van der Waals surface area (Å²) in [6.45, 7) is 0.578. The fraction of sp³-hybridized carbons (Fsp3) is 0.333. The fourth-order valence-corrected chi connectivity index (χ4v) is 2.32. The molecule has 2 aromatic heterocycles. The number of rotatable bonds is 3. The van der Waals surface area contributed by atoms with Gasteiger partial charge in [-0.25, -0.2) is 4.98 Å². The second-order valence-electron chi connectivity index (χ2n) is 4.34. The first-order valence-corrected chi connectivity index (χ1v) is 6.40. The molecule has 88 valence electrons. The molecule has 1 aliphatic rings. The Morgan fingerprint density at radius 3 is 3.00 bits per heavy atom. The van der Waals surface area contributed by atoms with Crippen molar-refractivity contribution in [2.75, 3.05) is 0 Å². The summed E-state index contributed by atoms with van der Waals surface area (Å²) in [6.07, 6.45) is 7.95. The third kappa shape index (κ3) is 2.20. The lowest BCUT2D eigenvalue weighted by molar-refractivity contribution is 0.644. The van der Waals surface area contributed by atoms with E-state index in [2.05, 4.69) is 25.5 Å². The van der Waals surface area contributed by atoms with E-state index in [1.54, 1.807) is 16.7 Å². The Morgan fingerprint density at radius 2 is 2.24 bits per heavy atom. The van der Waals surface area contributed by atoms with E-state index < -0.39 is 0 Å². The first-order valence-electron chi connectivity index (χ1n) is 5.61. The van der Waals surface area contributed by atoms with E-state index in [1.807, 2.05) is 18.7 Å². The van der Waals surface area contributed by atoms with E-state index in [0.717, 1.165) is 10.2 Å². The number of nitrogens with zero attached hydrogens (tertiary/aromatic N) is 3. The van der Waals surface area contributed by atoms with Gasteiger partial charge in [0.05, 0.1) is 18.6 Å². The highest BCUT2D eigenvalue weighted by Gasteiger charge is 2.25. The van der Waals surface area contributed by atoms with Gasteiger partial charge in [0.15, 0.2) is 0 Å². The van der Waals surface area contributed by atoms with Gasteiger partial charge in [-0.15, -0.1) is 0 Å². The summed E-state index contributed by atoms with van der Waals surface area (Å²) < 4.78 is 4.78. The standard InChI is InChI=1S/C12H12BrN3O/c13-9-1-4-12(17)15(6-9)7-11-5-14-8-16(11)10-2-3-10/h1,4-6,8,10H,2-3,7H2. The molecule has 1 saturated carbocycles. The summed E-state index contributed by atoms with van der Waals surface area (Å²) >= 11 is 3.38. The molecule has 0 aromatic carbocycles. The van der Waals surface area contributed by atoms with Gasteiger partial charge in [-0.3, -0.25) is 4.79 Å². The number of imidazole rings is 1. The average Bonchev–Trinajstić information content (AvgIpc) is 3.05. The molecule has 0 N–H and O–H groups in total. The predicted molar refractivity (Wildman–Crippen MR) is 68.0 cm³/mol. The van der Waals surface area contributed by atoms with Crippen molar-refractivity contribution in [2.24, 2.45) is 0 Å². The van der Waals surface area contributed by atoms with Crippen LogP contribution in [-0.4, -0.2) is 14.1 Å². The Hall–Kier alpha value is -1.36. The van der Waals surface area contributed by atoms with E-state index >= 15 is 0 Å². The third-order valence-corrected chi connectivity index (χ3v) is 3.44. The van der Waals surface area contributed by atoms with Crippen LogP contribution in [0.4, 0.5) is 0 Å². The third-order valence-electron chi connectivity index (χ3n) is 2.97. The Bertz CT molecular complexity index is 598. The lowest BCUT2D eigenvalue weighted by Crippen LogP contribution is -2.20. The predicted octanol–water partition coefficient (Wildman–Crippen LogP) is 2.19. The molecule has 2 aromatic rings. The zero-order valence-electron chi connectivity index (χ0n) is 9.21. The molecule has 0 radical (unpaired) electrons. The van der Waals surface area contributed by atoms with Crippen LogP contribution in [0.5, 0.6) is 0 Å². The Balaban J connectivity index is 1.93. The van der Waals surface area contributed by atoms with Gasteiger partial charge in [0.25, 0.3) is 5.56 Å². The van der Waals surface area contributed by atoms with Crippen molar-refractivity contribution < 1.29 is 0 Å². The van der Waals surface area contributed by atoms with Gasteiger partial charge in [-0.2, -0.15) is 0 Å². The van der Waals surface area contributed by atoms with Crippen LogP contribution in [0.1, 0.15) is 24.6 Å². The molecule has 3 rings (SSSR count). The van der Waals surface area contributed by atoms with Gasteiger partial charge in [0.1, 0.15) is 0 Å². The summed E-state index contributed by atoms with van der Waals surface area (Å²) in [5.41, 5.74) is 1.10. The molecule has 0 spiro atoms. The minimum atomic E-state index is 0.0109. The summed E-state index contributed by atoms with van der Waals surface area (Å²) in [7, 11) is 0. The zero-order valence-corrected chi connectivity index (χ0v) is 10.8. The van der Waals surface area contributed by atoms with Crippen molar-refractivity contribution in [3.05, 3.63) is 51.4 Å². The van der Waals surface area contributed by atoms with Crippen molar-refractivity contribution in [2.45, 2.75) is 25.4 Å². The molecular weight excluding hydrogens is 282 g/mol. The molecule has 4 nitrogen and oxygen atoms in total. The highest BCUT2D eigenvalue weighted by atomic mass is 79.9. The van der Waals surface area contributed by atoms with Gasteiger partial charge >= 0.3 is 0 Å². The minimum Gasteiger partial charge on any atom is -0.330 e. The summed E-state index contributed by atoms with van der Waals surface area (Å²) in [5.74, 6) is 0. The summed E-state index contributed by atoms with van der Waals surface area (Å²) in [5, 5.41) is 0. The van der Waals surface area contributed by atoms with Crippen LogP contribution in [0.3, 0.4) is 0 Å². The molecule has 1 aliphatic carbocycles. The molecule has 0 atom stereocenters. The maximum absolute atomic E-state index is 11.7. The van der Waals surface area contributed by atoms with Gasteiger partial charge in [-0.1, -0.05) is 0 Å². The molecule has 1 fully saturated rings. The lowest BCUT2D eigenvalue weighted by atomic mass is 10.4. The zero-order chi connectivity index (χ0) is 11.8. The van der Waals surface area contributed by atoms with Gasteiger partial charge < -0.3 is 9.13 Å². The van der Waals surface area contributed by atoms with Crippen molar-refractivity contribution in [1.82, 2.24) is 14.1 Å². The second kappa shape index (κ2) is 4.14. The molecule has 0 amide bonds.